The molecule has 0 spiro atoms. The van der Waals surface area contributed by atoms with Gasteiger partial charge in [0.2, 0.25) is 5.56 Å². The molecule has 5 heteroatoms. The van der Waals surface area contributed by atoms with E-state index >= 15 is 0 Å². The molecular formula is C22H26N2O3. The molecule has 5 nitrogen and oxygen atoms in total. The Morgan fingerprint density at radius 1 is 1.11 bits per heavy atom. The lowest BCUT2D eigenvalue weighted by Gasteiger charge is -2.19. The maximum atomic E-state index is 11.5. The number of aromatic nitrogens is 1. The Balaban J connectivity index is 1.63. The van der Waals surface area contributed by atoms with Crippen molar-refractivity contribution < 1.29 is 10.2 Å². The Kier molecular flexibility index (Phi) is 5.94. The SMILES string of the molecule is Cc1ccccc1CCC(C)NCC(O)c1ccc(O)c2[nH]c(=O)ccc12. The second kappa shape index (κ2) is 8.37. The summed E-state index contributed by atoms with van der Waals surface area (Å²) in [6.07, 6.45) is 1.22. The number of aromatic hydroxyl groups is 1. The fourth-order valence-corrected chi connectivity index (χ4v) is 3.34. The molecule has 2 unspecified atom stereocenters. The van der Waals surface area contributed by atoms with Crippen LogP contribution < -0.4 is 10.9 Å². The zero-order chi connectivity index (χ0) is 19.4. The van der Waals surface area contributed by atoms with Crippen LogP contribution in [0.25, 0.3) is 10.9 Å². The Labute approximate surface area is 158 Å². The van der Waals surface area contributed by atoms with E-state index in [1.807, 2.05) is 6.07 Å². The molecule has 0 aliphatic heterocycles. The van der Waals surface area contributed by atoms with Gasteiger partial charge in [-0.1, -0.05) is 30.3 Å². The largest absolute Gasteiger partial charge is 0.506 e. The predicted octanol–water partition coefficient (Wildman–Crippen LogP) is 3.19. The van der Waals surface area contributed by atoms with Crippen molar-refractivity contribution in [1.82, 2.24) is 10.3 Å². The van der Waals surface area contributed by atoms with Crippen LogP contribution in [-0.4, -0.2) is 27.8 Å². The molecule has 2 atom stereocenters. The molecular weight excluding hydrogens is 340 g/mol. The molecule has 0 fully saturated rings. The lowest BCUT2D eigenvalue weighted by atomic mass is 10.0. The predicted molar refractivity (Wildman–Crippen MR) is 108 cm³/mol. The van der Waals surface area contributed by atoms with Crippen LogP contribution in [0.4, 0.5) is 0 Å². The summed E-state index contributed by atoms with van der Waals surface area (Å²) in [5.41, 5.74) is 3.39. The van der Waals surface area contributed by atoms with Gasteiger partial charge in [0.05, 0.1) is 11.6 Å². The zero-order valence-corrected chi connectivity index (χ0v) is 15.7. The first-order valence-corrected chi connectivity index (χ1v) is 9.26. The highest BCUT2D eigenvalue weighted by Gasteiger charge is 2.15. The van der Waals surface area contributed by atoms with Crippen LogP contribution in [-0.2, 0) is 6.42 Å². The second-order valence-electron chi connectivity index (χ2n) is 7.08. The highest BCUT2D eigenvalue weighted by atomic mass is 16.3. The summed E-state index contributed by atoms with van der Waals surface area (Å²) >= 11 is 0. The number of aryl methyl sites for hydroxylation is 2. The molecule has 3 rings (SSSR count). The summed E-state index contributed by atoms with van der Waals surface area (Å²) in [6.45, 7) is 4.63. The van der Waals surface area contributed by atoms with Crippen LogP contribution in [0.5, 0.6) is 5.75 Å². The quantitative estimate of drug-likeness (QED) is 0.517. The number of benzene rings is 2. The smallest absolute Gasteiger partial charge is 0.248 e. The number of aromatic amines is 1. The van der Waals surface area contributed by atoms with Crippen molar-refractivity contribution in [2.24, 2.45) is 0 Å². The van der Waals surface area contributed by atoms with E-state index in [9.17, 15) is 15.0 Å². The van der Waals surface area contributed by atoms with Gasteiger partial charge in [-0.2, -0.15) is 0 Å². The number of phenolic OH excluding ortho intramolecular Hbond substituents is 1. The molecule has 0 bridgehead atoms. The number of pyridine rings is 1. The van der Waals surface area contributed by atoms with E-state index in [4.69, 9.17) is 0 Å². The standard InChI is InChI=1S/C22H26N2O3/c1-14-5-3-4-6-16(14)8-7-15(2)23-13-20(26)17-9-11-19(25)22-18(17)10-12-21(27)24-22/h3-6,9-12,15,20,23,25-26H,7-8,13H2,1-2H3,(H,24,27). The summed E-state index contributed by atoms with van der Waals surface area (Å²) in [5.74, 6) is -0.00166. The van der Waals surface area contributed by atoms with Gasteiger partial charge in [0.25, 0.3) is 0 Å². The van der Waals surface area contributed by atoms with Crippen molar-refractivity contribution in [3.05, 3.63) is 75.6 Å². The van der Waals surface area contributed by atoms with Crippen molar-refractivity contribution in [3.63, 3.8) is 0 Å². The molecule has 0 aliphatic rings. The van der Waals surface area contributed by atoms with Gasteiger partial charge in [0.1, 0.15) is 5.75 Å². The van der Waals surface area contributed by atoms with Crippen LogP contribution in [0.1, 0.15) is 36.1 Å². The molecule has 3 aromatic rings. The molecule has 4 N–H and O–H groups in total. The summed E-state index contributed by atoms with van der Waals surface area (Å²) in [4.78, 5) is 14.1. The minimum atomic E-state index is -0.736. The van der Waals surface area contributed by atoms with Crippen molar-refractivity contribution >= 4 is 10.9 Å². The lowest BCUT2D eigenvalue weighted by Crippen LogP contribution is -2.31. The second-order valence-corrected chi connectivity index (χ2v) is 7.08. The Morgan fingerprint density at radius 2 is 1.89 bits per heavy atom. The third-order valence-electron chi connectivity index (χ3n) is 5.03. The van der Waals surface area contributed by atoms with E-state index in [1.165, 1.54) is 23.3 Å². The number of aliphatic hydroxyl groups is 1. The Bertz CT molecular complexity index is 981. The maximum absolute atomic E-state index is 11.5. The third-order valence-corrected chi connectivity index (χ3v) is 5.03. The topological polar surface area (TPSA) is 85.3 Å². The average Bonchev–Trinajstić information content (AvgIpc) is 2.66. The normalized spacial score (nSPS) is 13.6. The van der Waals surface area contributed by atoms with Crippen molar-refractivity contribution in [3.8, 4) is 5.75 Å². The van der Waals surface area contributed by atoms with Gasteiger partial charge >= 0.3 is 0 Å². The number of hydrogen-bond acceptors (Lipinski definition) is 4. The summed E-state index contributed by atoms with van der Waals surface area (Å²) in [6, 6.07) is 14.9. The Morgan fingerprint density at radius 3 is 2.67 bits per heavy atom. The number of hydrogen-bond donors (Lipinski definition) is 4. The highest BCUT2D eigenvalue weighted by molar-refractivity contribution is 5.87. The number of phenols is 1. The molecule has 1 heterocycles. The Hall–Kier alpha value is -2.63. The number of fused-ring (bicyclic) bond motifs is 1. The van der Waals surface area contributed by atoms with Crippen LogP contribution >= 0.6 is 0 Å². The summed E-state index contributed by atoms with van der Waals surface area (Å²) in [7, 11) is 0. The minimum Gasteiger partial charge on any atom is -0.506 e. The zero-order valence-electron chi connectivity index (χ0n) is 15.7. The first-order valence-electron chi connectivity index (χ1n) is 9.26. The molecule has 2 aromatic carbocycles. The summed E-state index contributed by atoms with van der Waals surface area (Å²) < 4.78 is 0. The third kappa shape index (κ3) is 4.56. The van der Waals surface area contributed by atoms with E-state index in [0.717, 1.165) is 12.8 Å². The molecule has 27 heavy (non-hydrogen) atoms. The fraction of sp³-hybridized carbons (Fsp3) is 0.318. The molecule has 0 aliphatic carbocycles. The maximum Gasteiger partial charge on any atom is 0.248 e. The van der Waals surface area contributed by atoms with E-state index in [-0.39, 0.29) is 17.4 Å². The van der Waals surface area contributed by atoms with Crippen LogP contribution in [0, 0.1) is 6.92 Å². The van der Waals surface area contributed by atoms with E-state index in [1.54, 1.807) is 12.1 Å². The van der Waals surface area contributed by atoms with Crippen LogP contribution in [0.2, 0.25) is 0 Å². The van der Waals surface area contributed by atoms with Gasteiger partial charge in [-0.3, -0.25) is 4.79 Å². The monoisotopic (exact) mass is 366 g/mol. The van der Waals surface area contributed by atoms with E-state index in [0.29, 0.717) is 23.0 Å². The van der Waals surface area contributed by atoms with Gasteiger partial charge in [0, 0.05) is 24.0 Å². The first kappa shape index (κ1) is 19.1. The number of H-pyrrole nitrogens is 1. The van der Waals surface area contributed by atoms with Gasteiger partial charge < -0.3 is 20.5 Å². The molecule has 0 amide bonds. The number of rotatable bonds is 7. The molecule has 0 saturated carbocycles. The fourth-order valence-electron chi connectivity index (χ4n) is 3.34. The molecule has 0 radical (unpaired) electrons. The van der Waals surface area contributed by atoms with Crippen LogP contribution in [0.3, 0.4) is 0 Å². The van der Waals surface area contributed by atoms with Crippen molar-refractivity contribution in [2.45, 2.75) is 38.8 Å². The van der Waals surface area contributed by atoms with E-state index in [2.05, 4.69) is 42.3 Å². The van der Waals surface area contributed by atoms with Gasteiger partial charge in [0.15, 0.2) is 0 Å². The lowest BCUT2D eigenvalue weighted by molar-refractivity contribution is 0.171. The summed E-state index contributed by atoms with van der Waals surface area (Å²) in [5, 5.41) is 24.6. The van der Waals surface area contributed by atoms with Gasteiger partial charge in [-0.25, -0.2) is 0 Å². The highest BCUT2D eigenvalue weighted by Crippen LogP contribution is 2.28. The van der Waals surface area contributed by atoms with Crippen molar-refractivity contribution in [2.75, 3.05) is 6.54 Å². The first-order chi connectivity index (χ1) is 13.0. The molecule has 0 saturated heterocycles. The average molecular weight is 366 g/mol. The van der Waals surface area contributed by atoms with Crippen molar-refractivity contribution in [1.29, 1.82) is 0 Å². The van der Waals surface area contributed by atoms with Gasteiger partial charge in [-0.15, -0.1) is 0 Å². The number of aliphatic hydroxyl groups excluding tert-OH is 1. The van der Waals surface area contributed by atoms with E-state index < -0.39 is 6.10 Å². The van der Waals surface area contributed by atoms with Crippen LogP contribution in [0.15, 0.2) is 53.3 Å². The minimum absolute atomic E-state index is 0.00166. The molecule has 142 valence electrons. The number of nitrogens with one attached hydrogen (secondary N) is 2. The molecule has 1 aromatic heterocycles. The van der Waals surface area contributed by atoms with Gasteiger partial charge in [-0.05, 0) is 55.5 Å².